The van der Waals surface area contributed by atoms with Crippen molar-refractivity contribution in [3.8, 4) is 0 Å². The fourth-order valence-electron chi connectivity index (χ4n) is 6.84. The quantitative estimate of drug-likeness (QED) is 0.640. The topological polar surface area (TPSA) is 56.6 Å². The van der Waals surface area contributed by atoms with E-state index in [-0.39, 0.29) is 5.56 Å². The van der Waals surface area contributed by atoms with Crippen LogP contribution in [0.3, 0.4) is 0 Å². The molecule has 4 atom stereocenters. The summed E-state index contributed by atoms with van der Waals surface area (Å²) in [4.78, 5) is 24.9. The van der Waals surface area contributed by atoms with Crippen LogP contribution in [0, 0.1) is 0 Å². The van der Waals surface area contributed by atoms with E-state index in [1.54, 1.807) is 23.9 Å². The van der Waals surface area contributed by atoms with Gasteiger partial charge in [-0.25, -0.2) is 4.98 Å². The van der Waals surface area contributed by atoms with Gasteiger partial charge >= 0.3 is 0 Å². The molecule has 34 heavy (non-hydrogen) atoms. The van der Waals surface area contributed by atoms with E-state index in [9.17, 15) is 4.79 Å². The molecule has 7 heteroatoms. The van der Waals surface area contributed by atoms with E-state index in [1.165, 1.54) is 29.7 Å². The van der Waals surface area contributed by atoms with E-state index >= 15 is 0 Å². The minimum absolute atomic E-state index is 0.00210. The van der Waals surface area contributed by atoms with Gasteiger partial charge in [-0.2, -0.15) is 0 Å². The largest absolute Gasteiger partial charge is 0.368 e. The van der Waals surface area contributed by atoms with Gasteiger partial charge in [0.05, 0.1) is 11.7 Å². The molecule has 3 fully saturated rings. The maximum absolute atomic E-state index is 12.7. The van der Waals surface area contributed by atoms with Crippen molar-refractivity contribution in [2.24, 2.45) is 7.05 Å². The minimum atomic E-state index is -0.00210. The van der Waals surface area contributed by atoms with Gasteiger partial charge in [0.15, 0.2) is 0 Å². The first-order valence-corrected chi connectivity index (χ1v) is 12.6. The average Bonchev–Trinajstić information content (AvgIpc) is 3.40. The van der Waals surface area contributed by atoms with E-state index in [1.807, 2.05) is 6.07 Å². The molecule has 4 unspecified atom stereocenters. The van der Waals surface area contributed by atoms with Gasteiger partial charge in [0, 0.05) is 81.2 Å². The Morgan fingerprint density at radius 3 is 2.65 bits per heavy atom. The molecule has 7 nitrogen and oxygen atoms in total. The number of anilines is 2. The summed E-state index contributed by atoms with van der Waals surface area (Å²) in [7, 11) is 1.80. The monoisotopic (exact) mass is 456 g/mol. The molecule has 2 aromatic heterocycles. The average molecular weight is 457 g/mol. The predicted octanol–water partition coefficient (Wildman–Crippen LogP) is 2.64. The molecule has 3 saturated heterocycles. The van der Waals surface area contributed by atoms with Gasteiger partial charge < -0.3 is 15.1 Å². The molecule has 4 aliphatic heterocycles. The summed E-state index contributed by atoms with van der Waals surface area (Å²) < 4.78 is 1.65. The number of nitrogens with one attached hydrogen (secondary N) is 1. The van der Waals surface area contributed by atoms with Crippen molar-refractivity contribution in [2.75, 3.05) is 36.0 Å². The summed E-state index contributed by atoms with van der Waals surface area (Å²) in [5, 5.41) is 4.79. The Morgan fingerprint density at radius 2 is 1.82 bits per heavy atom. The molecular weight excluding hydrogens is 424 g/mol. The lowest BCUT2D eigenvalue weighted by Gasteiger charge is -2.43. The van der Waals surface area contributed by atoms with Crippen LogP contribution in [-0.2, 0) is 13.6 Å². The molecule has 0 spiro atoms. The van der Waals surface area contributed by atoms with Crippen LogP contribution in [0.4, 0.5) is 11.4 Å². The zero-order valence-electron chi connectivity index (χ0n) is 19.9. The highest BCUT2D eigenvalue weighted by Crippen LogP contribution is 2.42. The lowest BCUT2D eigenvalue weighted by atomic mass is 10.00. The van der Waals surface area contributed by atoms with Crippen LogP contribution in [0.5, 0.6) is 0 Å². The zero-order valence-corrected chi connectivity index (χ0v) is 19.9. The maximum atomic E-state index is 12.7. The first-order valence-electron chi connectivity index (χ1n) is 12.6. The lowest BCUT2D eigenvalue weighted by molar-refractivity contribution is 0.134. The van der Waals surface area contributed by atoms with Crippen molar-refractivity contribution in [1.82, 2.24) is 19.8 Å². The number of hydrogen-bond donors (Lipinski definition) is 1. The molecule has 6 heterocycles. The SMILES string of the molecule is CC1CN(c2cc(=O)n(C)c3ncccc23)CC2c3ccc(N4CC5CCC(C4)N5)cc3CN12. The molecule has 3 aromatic rings. The number of aryl methyl sites for hydroxylation is 1. The van der Waals surface area contributed by atoms with Crippen LogP contribution in [0.1, 0.15) is 36.9 Å². The van der Waals surface area contributed by atoms with Gasteiger partial charge in [0.25, 0.3) is 5.56 Å². The molecule has 4 aliphatic rings. The highest BCUT2D eigenvalue weighted by atomic mass is 16.1. The van der Waals surface area contributed by atoms with Crippen molar-refractivity contribution in [1.29, 1.82) is 0 Å². The van der Waals surface area contributed by atoms with Crippen LogP contribution < -0.4 is 20.7 Å². The summed E-state index contributed by atoms with van der Waals surface area (Å²) in [6, 6.07) is 15.1. The molecule has 1 aromatic carbocycles. The number of rotatable bonds is 2. The van der Waals surface area contributed by atoms with E-state index in [4.69, 9.17) is 0 Å². The fourth-order valence-corrected chi connectivity index (χ4v) is 6.84. The van der Waals surface area contributed by atoms with Crippen LogP contribution in [-0.4, -0.2) is 58.8 Å². The highest BCUT2D eigenvalue weighted by molar-refractivity contribution is 5.89. The molecule has 1 N–H and O–H groups in total. The summed E-state index contributed by atoms with van der Waals surface area (Å²) in [5.41, 5.74) is 6.06. The van der Waals surface area contributed by atoms with Crippen molar-refractivity contribution in [2.45, 2.75) is 50.5 Å². The van der Waals surface area contributed by atoms with E-state index in [0.29, 0.717) is 24.2 Å². The molecule has 7 rings (SSSR count). The van der Waals surface area contributed by atoms with Gasteiger partial charge in [-0.15, -0.1) is 0 Å². The maximum Gasteiger partial charge on any atom is 0.253 e. The summed E-state index contributed by atoms with van der Waals surface area (Å²) in [5.74, 6) is 0. The van der Waals surface area contributed by atoms with E-state index in [2.05, 4.69) is 56.2 Å². The van der Waals surface area contributed by atoms with Gasteiger partial charge in [0.1, 0.15) is 5.65 Å². The zero-order chi connectivity index (χ0) is 23.0. The number of aromatic nitrogens is 2. The van der Waals surface area contributed by atoms with Gasteiger partial charge in [-0.3, -0.25) is 14.3 Å². The Hall–Kier alpha value is -2.90. The molecular formula is C27H32N6O. The normalized spacial score (nSPS) is 28.4. The first kappa shape index (κ1) is 20.5. The summed E-state index contributed by atoms with van der Waals surface area (Å²) in [6.45, 7) is 7.39. The molecule has 2 bridgehead atoms. The van der Waals surface area contributed by atoms with Crippen molar-refractivity contribution < 1.29 is 0 Å². The number of benzene rings is 1. The number of nitrogens with zero attached hydrogens (tertiary/aromatic N) is 5. The second kappa shape index (κ2) is 7.55. The third-order valence-electron chi connectivity index (χ3n) is 8.58. The molecule has 0 radical (unpaired) electrons. The Labute approximate surface area is 200 Å². The van der Waals surface area contributed by atoms with Crippen molar-refractivity contribution in [3.05, 3.63) is 64.1 Å². The third kappa shape index (κ3) is 3.10. The van der Waals surface area contributed by atoms with Gasteiger partial charge in [-0.05, 0) is 55.2 Å². The Morgan fingerprint density at radius 1 is 1.00 bits per heavy atom. The summed E-state index contributed by atoms with van der Waals surface area (Å²) >= 11 is 0. The Kier molecular flexibility index (Phi) is 4.55. The van der Waals surface area contributed by atoms with E-state index < -0.39 is 0 Å². The number of piperazine rings is 2. The molecule has 176 valence electrons. The third-order valence-corrected chi connectivity index (χ3v) is 8.58. The Balaban J connectivity index is 1.21. The lowest BCUT2D eigenvalue weighted by Crippen LogP contribution is -2.51. The van der Waals surface area contributed by atoms with E-state index in [0.717, 1.165) is 49.4 Å². The van der Waals surface area contributed by atoms with Crippen molar-refractivity contribution in [3.63, 3.8) is 0 Å². The van der Waals surface area contributed by atoms with Crippen LogP contribution >= 0.6 is 0 Å². The van der Waals surface area contributed by atoms with Gasteiger partial charge in [0.2, 0.25) is 0 Å². The predicted molar refractivity (Wildman–Crippen MR) is 136 cm³/mol. The number of hydrogen-bond acceptors (Lipinski definition) is 6. The number of pyridine rings is 2. The Bertz CT molecular complexity index is 1320. The van der Waals surface area contributed by atoms with Crippen LogP contribution in [0.25, 0.3) is 11.0 Å². The molecule has 0 amide bonds. The minimum Gasteiger partial charge on any atom is -0.368 e. The highest BCUT2D eigenvalue weighted by Gasteiger charge is 2.40. The van der Waals surface area contributed by atoms with Gasteiger partial charge in [-0.1, -0.05) is 6.07 Å². The smallest absolute Gasteiger partial charge is 0.253 e. The first-order chi connectivity index (χ1) is 16.5. The van der Waals surface area contributed by atoms with Crippen molar-refractivity contribution >= 4 is 22.4 Å². The summed E-state index contributed by atoms with van der Waals surface area (Å²) in [6.07, 6.45) is 4.38. The van der Waals surface area contributed by atoms with Crippen LogP contribution in [0.2, 0.25) is 0 Å². The fraction of sp³-hybridized carbons (Fsp3) is 0.481. The standard InChI is InChI=1S/C27H32N6O/c1-17-12-32(24-11-26(34)30(2)27-23(24)4-3-9-28-27)16-25-22-8-7-21(10-18(22)13-33(17)25)31-14-19-5-6-20(15-31)29-19/h3-4,7-11,17,19-20,25,29H,5-6,12-16H2,1-2H3. The molecule has 0 saturated carbocycles. The van der Waals surface area contributed by atoms with Crippen LogP contribution in [0.15, 0.2) is 47.4 Å². The molecule has 0 aliphatic carbocycles. The number of fused-ring (bicyclic) bond motifs is 6. The second-order valence-electron chi connectivity index (χ2n) is 10.7. The second-order valence-corrected chi connectivity index (χ2v) is 10.7.